The number of ketones is 1. The summed E-state index contributed by atoms with van der Waals surface area (Å²) in [6, 6.07) is 0. The Morgan fingerprint density at radius 2 is 1.29 bits per heavy atom. The Morgan fingerprint density at radius 1 is 0.824 bits per heavy atom. The van der Waals surface area contributed by atoms with Gasteiger partial charge in [-0.2, -0.15) is 0 Å². The number of unbranched alkanes of at least 4 members (excludes halogenated alkanes) is 2. The molecule has 0 aromatic carbocycles. The normalized spacial score (nSPS) is 12.1. The maximum Gasteiger partial charge on any atom is 0.132 e. The van der Waals surface area contributed by atoms with E-state index < -0.39 is 0 Å². The highest BCUT2D eigenvalue weighted by Crippen LogP contribution is 2.00. The van der Waals surface area contributed by atoms with Gasteiger partial charge in [0.25, 0.3) is 0 Å². The Bertz CT molecular complexity index is 259. The highest BCUT2D eigenvalue weighted by atomic mass is 16.1. The van der Waals surface area contributed by atoms with Gasteiger partial charge in [0, 0.05) is 12.8 Å². The molecule has 0 aromatic rings. The van der Waals surface area contributed by atoms with E-state index in [-0.39, 0.29) is 0 Å². The lowest BCUT2D eigenvalue weighted by Crippen LogP contribution is -1.92. The molecule has 0 saturated heterocycles. The van der Waals surface area contributed by atoms with Gasteiger partial charge in [0.15, 0.2) is 0 Å². The van der Waals surface area contributed by atoms with Crippen LogP contribution in [-0.4, -0.2) is 5.78 Å². The monoisotopic (exact) mass is 234 g/mol. The Kier molecular flexibility index (Phi) is 12.1. The van der Waals surface area contributed by atoms with E-state index in [4.69, 9.17) is 0 Å². The molecule has 0 atom stereocenters. The minimum atomic E-state index is 0.360. The molecule has 0 aliphatic rings. The molecule has 0 aliphatic heterocycles. The predicted molar refractivity (Wildman–Crippen MR) is 76.1 cm³/mol. The van der Waals surface area contributed by atoms with Gasteiger partial charge in [0.2, 0.25) is 0 Å². The summed E-state index contributed by atoms with van der Waals surface area (Å²) in [4.78, 5) is 11.0. The number of hydrogen-bond acceptors (Lipinski definition) is 1. The van der Waals surface area contributed by atoms with Crippen LogP contribution < -0.4 is 0 Å². The molecule has 17 heavy (non-hydrogen) atoms. The van der Waals surface area contributed by atoms with Crippen molar-refractivity contribution in [1.82, 2.24) is 0 Å². The lowest BCUT2D eigenvalue weighted by atomic mass is 10.1. The second-order valence-corrected chi connectivity index (χ2v) is 4.10. The Morgan fingerprint density at radius 3 is 1.76 bits per heavy atom. The minimum Gasteiger partial charge on any atom is -0.300 e. The van der Waals surface area contributed by atoms with E-state index in [1.54, 1.807) is 0 Å². The molecule has 0 unspecified atom stereocenters. The van der Waals surface area contributed by atoms with Crippen LogP contribution in [0.3, 0.4) is 0 Å². The van der Waals surface area contributed by atoms with Crippen LogP contribution in [0.1, 0.15) is 58.8 Å². The van der Waals surface area contributed by atoms with Crippen molar-refractivity contribution in [2.24, 2.45) is 0 Å². The average molecular weight is 234 g/mol. The van der Waals surface area contributed by atoms with Crippen LogP contribution in [0, 0.1) is 0 Å². The zero-order valence-electron chi connectivity index (χ0n) is 11.3. The van der Waals surface area contributed by atoms with Crippen molar-refractivity contribution in [2.75, 3.05) is 0 Å². The van der Waals surface area contributed by atoms with Crippen molar-refractivity contribution >= 4 is 5.78 Å². The smallest absolute Gasteiger partial charge is 0.132 e. The SMILES string of the molecule is C/C=C/CC/C=C/CC/C=C/CCC(=O)CC. The Labute approximate surface area is 106 Å². The molecule has 0 aliphatic carbocycles. The number of carbonyl (C=O) groups excluding carboxylic acids is 1. The maximum atomic E-state index is 11.0. The standard InChI is InChI=1S/C16H26O/c1-3-5-6-7-8-9-10-11-12-13-14-15-16(17)4-2/h3,5,8-9,12-13H,4,6-7,10-11,14-15H2,1-2H3/b5-3+,9-8+,13-12+. The summed E-state index contributed by atoms with van der Waals surface area (Å²) < 4.78 is 0. The molecule has 0 fully saturated rings. The van der Waals surface area contributed by atoms with Gasteiger partial charge in [-0.15, -0.1) is 0 Å². The second-order valence-electron chi connectivity index (χ2n) is 4.10. The van der Waals surface area contributed by atoms with Crippen LogP contribution in [-0.2, 0) is 4.79 Å². The molecule has 0 spiro atoms. The molecule has 0 saturated carbocycles. The highest BCUT2D eigenvalue weighted by Gasteiger charge is 1.93. The molecular weight excluding hydrogens is 208 g/mol. The molecule has 0 bridgehead atoms. The third kappa shape index (κ3) is 12.8. The molecule has 0 radical (unpaired) electrons. The van der Waals surface area contributed by atoms with Crippen molar-refractivity contribution in [2.45, 2.75) is 58.8 Å². The van der Waals surface area contributed by atoms with E-state index in [1.165, 1.54) is 0 Å². The molecule has 0 N–H and O–H groups in total. The van der Waals surface area contributed by atoms with Crippen molar-refractivity contribution in [3.05, 3.63) is 36.5 Å². The van der Waals surface area contributed by atoms with E-state index in [0.717, 1.165) is 32.1 Å². The van der Waals surface area contributed by atoms with Gasteiger partial charge in [-0.1, -0.05) is 43.4 Å². The number of carbonyl (C=O) groups is 1. The van der Waals surface area contributed by atoms with Gasteiger partial charge < -0.3 is 0 Å². The van der Waals surface area contributed by atoms with Crippen LogP contribution >= 0.6 is 0 Å². The first-order valence-electron chi connectivity index (χ1n) is 6.74. The third-order valence-electron chi connectivity index (χ3n) is 2.55. The summed E-state index contributed by atoms with van der Waals surface area (Å²) in [5, 5.41) is 0. The average Bonchev–Trinajstić information content (AvgIpc) is 2.35. The highest BCUT2D eigenvalue weighted by molar-refractivity contribution is 5.78. The molecule has 0 amide bonds. The van der Waals surface area contributed by atoms with Crippen LogP contribution in [0.25, 0.3) is 0 Å². The largest absolute Gasteiger partial charge is 0.300 e. The van der Waals surface area contributed by atoms with Gasteiger partial charge in [-0.3, -0.25) is 4.79 Å². The first kappa shape index (κ1) is 15.9. The van der Waals surface area contributed by atoms with Crippen molar-refractivity contribution in [3.63, 3.8) is 0 Å². The zero-order valence-corrected chi connectivity index (χ0v) is 11.3. The van der Waals surface area contributed by atoms with Crippen LogP contribution in [0.15, 0.2) is 36.5 Å². The van der Waals surface area contributed by atoms with Crippen molar-refractivity contribution in [1.29, 1.82) is 0 Å². The van der Waals surface area contributed by atoms with Crippen LogP contribution in [0.4, 0.5) is 0 Å². The summed E-state index contributed by atoms with van der Waals surface area (Å²) in [6.45, 7) is 3.97. The summed E-state index contributed by atoms with van der Waals surface area (Å²) in [7, 11) is 0. The van der Waals surface area contributed by atoms with Gasteiger partial charge in [-0.05, 0) is 39.0 Å². The lowest BCUT2D eigenvalue weighted by molar-refractivity contribution is -0.118. The Balaban J connectivity index is 3.32. The van der Waals surface area contributed by atoms with Crippen LogP contribution in [0.2, 0.25) is 0 Å². The first-order valence-corrected chi connectivity index (χ1v) is 6.74. The number of rotatable bonds is 10. The van der Waals surface area contributed by atoms with Crippen molar-refractivity contribution < 1.29 is 4.79 Å². The topological polar surface area (TPSA) is 17.1 Å². The van der Waals surface area contributed by atoms with Gasteiger partial charge in [-0.25, -0.2) is 0 Å². The van der Waals surface area contributed by atoms with E-state index in [1.807, 2.05) is 6.92 Å². The van der Waals surface area contributed by atoms with E-state index in [0.29, 0.717) is 18.6 Å². The molecule has 1 nitrogen and oxygen atoms in total. The molecule has 96 valence electrons. The second kappa shape index (κ2) is 13.0. The minimum absolute atomic E-state index is 0.360. The quantitative estimate of drug-likeness (QED) is 0.384. The summed E-state index contributed by atoms with van der Waals surface area (Å²) >= 11 is 0. The lowest BCUT2D eigenvalue weighted by Gasteiger charge is -1.92. The van der Waals surface area contributed by atoms with Crippen LogP contribution in [0.5, 0.6) is 0 Å². The molecule has 1 heteroatoms. The fourth-order valence-electron chi connectivity index (χ4n) is 1.44. The number of Topliss-reactive ketones (excluding diaryl/α,β-unsaturated/α-hetero) is 1. The summed E-state index contributed by atoms with van der Waals surface area (Å²) in [5.74, 6) is 0.360. The van der Waals surface area contributed by atoms with E-state index in [9.17, 15) is 4.79 Å². The Hall–Kier alpha value is -1.11. The number of hydrogen-bond donors (Lipinski definition) is 0. The van der Waals surface area contributed by atoms with Gasteiger partial charge in [0.05, 0.1) is 0 Å². The maximum absolute atomic E-state index is 11.0. The third-order valence-corrected chi connectivity index (χ3v) is 2.55. The molecule has 0 rings (SSSR count). The number of allylic oxidation sites excluding steroid dienone is 6. The fourth-order valence-corrected chi connectivity index (χ4v) is 1.44. The van der Waals surface area contributed by atoms with Crippen molar-refractivity contribution in [3.8, 4) is 0 Å². The van der Waals surface area contributed by atoms with E-state index >= 15 is 0 Å². The molecule has 0 heterocycles. The molecular formula is C16H26O. The zero-order chi connectivity index (χ0) is 12.8. The van der Waals surface area contributed by atoms with Gasteiger partial charge in [0.1, 0.15) is 5.78 Å². The fraction of sp³-hybridized carbons (Fsp3) is 0.562. The molecule has 0 aromatic heterocycles. The predicted octanol–water partition coefficient (Wildman–Crippen LogP) is 4.99. The van der Waals surface area contributed by atoms with Gasteiger partial charge >= 0.3 is 0 Å². The summed E-state index contributed by atoms with van der Waals surface area (Å²) in [5.41, 5.74) is 0. The van der Waals surface area contributed by atoms with E-state index in [2.05, 4.69) is 43.4 Å². The summed E-state index contributed by atoms with van der Waals surface area (Å²) in [6.07, 6.45) is 19.8. The first-order chi connectivity index (χ1) is 8.31.